The van der Waals surface area contributed by atoms with Crippen molar-refractivity contribution in [2.24, 2.45) is 11.8 Å². The van der Waals surface area contributed by atoms with Crippen molar-refractivity contribution in [3.63, 3.8) is 0 Å². The average Bonchev–Trinajstić information content (AvgIpc) is 2.57. The largest absolute Gasteiger partial charge is 0.352 e. The van der Waals surface area contributed by atoms with E-state index in [0.29, 0.717) is 11.8 Å². The lowest BCUT2D eigenvalue weighted by atomic mass is 9.80. The van der Waals surface area contributed by atoms with Gasteiger partial charge in [0.1, 0.15) is 0 Å². The number of hydrogen-bond acceptors (Lipinski definition) is 2. The smallest absolute Gasteiger partial charge is 0.262 e. The summed E-state index contributed by atoms with van der Waals surface area (Å²) in [6.45, 7) is 3.97. The van der Waals surface area contributed by atoms with Gasteiger partial charge in [-0.1, -0.05) is 13.8 Å². The number of amides is 1. The van der Waals surface area contributed by atoms with Crippen molar-refractivity contribution in [3.05, 3.63) is 0 Å². The van der Waals surface area contributed by atoms with Gasteiger partial charge in [0.15, 0.2) is 0 Å². The summed E-state index contributed by atoms with van der Waals surface area (Å²) >= 11 is 0. The van der Waals surface area contributed by atoms with Gasteiger partial charge in [-0.2, -0.15) is 0 Å². The second-order valence-corrected chi connectivity index (χ2v) is 6.12. The lowest BCUT2D eigenvalue weighted by Crippen LogP contribution is -2.47. The summed E-state index contributed by atoms with van der Waals surface area (Å²) in [5.41, 5.74) is 0. The Hall–Kier alpha value is -0.710. The van der Waals surface area contributed by atoms with Crippen LogP contribution in [0, 0.1) is 11.8 Å². The van der Waals surface area contributed by atoms with Crippen molar-refractivity contribution in [1.29, 1.82) is 0 Å². The van der Waals surface area contributed by atoms with Crippen LogP contribution in [-0.4, -0.2) is 30.5 Å². The number of nitrogens with one attached hydrogen (secondary N) is 2. The molecule has 2 N–H and O–H groups in total. The molecule has 0 spiro atoms. The maximum Gasteiger partial charge on any atom is 0.262 e. The van der Waals surface area contributed by atoms with Gasteiger partial charge in [-0.25, -0.2) is 8.78 Å². The van der Waals surface area contributed by atoms with Gasteiger partial charge in [0, 0.05) is 12.5 Å². The summed E-state index contributed by atoms with van der Waals surface area (Å²) in [5, 5.41) is 5.52. The molecule has 0 aromatic rings. The Kier molecular flexibility index (Phi) is 3.90. The molecule has 3 atom stereocenters. The molecule has 0 bridgehead atoms. The molecular formula is C13H22F2N2O. The molecule has 0 aromatic carbocycles. The molecule has 5 heteroatoms. The molecule has 1 aliphatic heterocycles. The molecule has 2 fully saturated rings. The van der Waals surface area contributed by atoms with Crippen LogP contribution in [0.4, 0.5) is 8.78 Å². The fourth-order valence-corrected chi connectivity index (χ4v) is 3.27. The topological polar surface area (TPSA) is 41.1 Å². The van der Waals surface area contributed by atoms with Crippen molar-refractivity contribution in [3.8, 4) is 0 Å². The summed E-state index contributed by atoms with van der Waals surface area (Å²) in [4.78, 5) is 11.9. The minimum absolute atomic E-state index is 0.146. The first-order valence-electron chi connectivity index (χ1n) is 6.77. The Morgan fingerprint density at radius 3 is 2.33 bits per heavy atom. The molecule has 0 aromatic heterocycles. The highest BCUT2D eigenvalue weighted by Crippen LogP contribution is 2.29. The van der Waals surface area contributed by atoms with Gasteiger partial charge >= 0.3 is 0 Å². The van der Waals surface area contributed by atoms with Gasteiger partial charge in [-0.15, -0.1) is 0 Å². The normalized spacial score (nSPS) is 39.6. The Morgan fingerprint density at radius 2 is 1.83 bits per heavy atom. The van der Waals surface area contributed by atoms with Crippen molar-refractivity contribution >= 4 is 5.91 Å². The van der Waals surface area contributed by atoms with E-state index in [9.17, 15) is 13.6 Å². The van der Waals surface area contributed by atoms with E-state index in [0.717, 1.165) is 12.8 Å². The molecule has 2 rings (SSSR count). The quantitative estimate of drug-likeness (QED) is 0.796. The van der Waals surface area contributed by atoms with Gasteiger partial charge in [-0.3, -0.25) is 10.1 Å². The number of hydrogen-bond donors (Lipinski definition) is 2. The second kappa shape index (κ2) is 5.11. The molecule has 1 heterocycles. The molecule has 2 aliphatic rings. The molecule has 3 nitrogen and oxygen atoms in total. The zero-order valence-corrected chi connectivity index (χ0v) is 11.0. The monoisotopic (exact) mass is 260 g/mol. The van der Waals surface area contributed by atoms with Crippen molar-refractivity contribution in [2.45, 2.75) is 57.5 Å². The van der Waals surface area contributed by atoms with Crippen LogP contribution in [0.1, 0.15) is 39.5 Å². The molecule has 0 radical (unpaired) electrons. The number of carbonyl (C=O) groups is 1. The van der Waals surface area contributed by atoms with E-state index < -0.39 is 12.0 Å². The number of rotatable bonds is 2. The third-order valence-corrected chi connectivity index (χ3v) is 3.95. The van der Waals surface area contributed by atoms with Crippen LogP contribution >= 0.6 is 0 Å². The zero-order valence-electron chi connectivity index (χ0n) is 11.0. The van der Waals surface area contributed by atoms with Crippen LogP contribution in [0.15, 0.2) is 0 Å². The molecule has 1 saturated carbocycles. The van der Waals surface area contributed by atoms with Crippen LogP contribution in [0.5, 0.6) is 0 Å². The summed E-state index contributed by atoms with van der Waals surface area (Å²) < 4.78 is 26.0. The fourth-order valence-electron chi connectivity index (χ4n) is 3.27. The highest BCUT2D eigenvalue weighted by molar-refractivity contribution is 5.82. The van der Waals surface area contributed by atoms with E-state index in [2.05, 4.69) is 24.5 Å². The van der Waals surface area contributed by atoms with Gasteiger partial charge in [0.2, 0.25) is 5.91 Å². The van der Waals surface area contributed by atoms with Crippen molar-refractivity contribution in [1.82, 2.24) is 10.6 Å². The maximum atomic E-state index is 13.0. The third-order valence-electron chi connectivity index (χ3n) is 3.95. The van der Waals surface area contributed by atoms with Gasteiger partial charge in [0.25, 0.3) is 5.92 Å². The molecule has 18 heavy (non-hydrogen) atoms. The van der Waals surface area contributed by atoms with Crippen LogP contribution in [0.25, 0.3) is 0 Å². The molecule has 1 amide bonds. The highest BCUT2D eigenvalue weighted by Gasteiger charge is 2.42. The van der Waals surface area contributed by atoms with E-state index in [-0.39, 0.29) is 24.9 Å². The minimum Gasteiger partial charge on any atom is -0.352 e. The average molecular weight is 260 g/mol. The molecule has 1 saturated heterocycles. The lowest BCUT2D eigenvalue weighted by molar-refractivity contribution is -0.124. The number of carbonyl (C=O) groups excluding carboxylic acids is 1. The van der Waals surface area contributed by atoms with Crippen LogP contribution < -0.4 is 10.6 Å². The molecule has 1 aliphatic carbocycles. The van der Waals surface area contributed by atoms with E-state index in [1.807, 2.05) is 0 Å². The number of halogens is 2. The zero-order chi connectivity index (χ0) is 13.3. The van der Waals surface area contributed by atoms with E-state index in [1.165, 1.54) is 6.42 Å². The SMILES string of the molecule is CC1CC(C)CC(NC(=O)C2CC(F)(F)CN2)C1. The summed E-state index contributed by atoms with van der Waals surface area (Å²) in [5.74, 6) is -1.82. The first-order chi connectivity index (χ1) is 8.35. The molecular weight excluding hydrogens is 238 g/mol. The number of alkyl halides is 2. The molecule has 3 unspecified atom stereocenters. The van der Waals surface area contributed by atoms with E-state index in [4.69, 9.17) is 0 Å². The standard InChI is InChI=1S/C13H22F2N2O/c1-8-3-9(2)5-10(4-8)17-12(18)11-6-13(14,15)7-16-11/h8-11,16H,3-7H2,1-2H3,(H,17,18). The minimum atomic E-state index is -2.74. The third kappa shape index (κ3) is 3.40. The molecule has 104 valence electrons. The Morgan fingerprint density at radius 1 is 1.22 bits per heavy atom. The Balaban J connectivity index is 1.84. The Labute approximate surface area is 107 Å². The predicted octanol–water partition coefficient (Wildman–Crippen LogP) is 1.92. The van der Waals surface area contributed by atoms with E-state index in [1.54, 1.807) is 0 Å². The van der Waals surface area contributed by atoms with Gasteiger partial charge < -0.3 is 5.32 Å². The van der Waals surface area contributed by atoms with Crippen LogP contribution in [0.3, 0.4) is 0 Å². The fraction of sp³-hybridized carbons (Fsp3) is 0.923. The second-order valence-electron chi connectivity index (χ2n) is 6.12. The van der Waals surface area contributed by atoms with Crippen molar-refractivity contribution < 1.29 is 13.6 Å². The van der Waals surface area contributed by atoms with E-state index >= 15 is 0 Å². The summed E-state index contributed by atoms with van der Waals surface area (Å²) in [6, 6.07) is -0.584. The summed E-state index contributed by atoms with van der Waals surface area (Å²) in [7, 11) is 0. The van der Waals surface area contributed by atoms with Crippen LogP contribution in [-0.2, 0) is 4.79 Å². The predicted molar refractivity (Wildman–Crippen MR) is 65.5 cm³/mol. The lowest BCUT2D eigenvalue weighted by Gasteiger charge is -2.32. The highest BCUT2D eigenvalue weighted by atomic mass is 19.3. The maximum absolute atomic E-state index is 13.0. The van der Waals surface area contributed by atoms with Crippen molar-refractivity contribution in [2.75, 3.05) is 6.54 Å². The first-order valence-corrected chi connectivity index (χ1v) is 6.77. The van der Waals surface area contributed by atoms with Gasteiger partial charge in [0.05, 0.1) is 12.6 Å². The summed E-state index contributed by atoms with van der Waals surface area (Å²) in [6.07, 6.45) is 2.72. The Bertz CT molecular complexity index is 312. The van der Waals surface area contributed by atoms with Crippen LogP contribution in [0.2, 0.25) is 0 Å². The van der Waals surface area contributed by atoms with Gasteiger partial charge in [-0.05, 0) is 31.1 Å². The first kappa shape index (κ1) is 13.7.